The average Bonchev–Trinajstić information content (AvgIpc) is 2.64. The van der Waals surface area contributed by atoms with E-state index in [1.165, 1.54) is 5.56 Å². The number of rotatable bonds is 10. The first-order valence-corrected chi connectivity index (χ1v) is 9.04. The molecular weight excluding hydrogens is 328 g/mol. The van der Waals surface area contributed by atoms with Crippen molar-refractivity contribution in [2.75, 3.05) is 21.0 Å². The van der Waals surface area contributed by atoms with Crippen molar-refractivity contribution in [3.8, 4) is 11.5 Å². The van der Waals surface area contributed by atoms with Gasteiger partial charge in [0.05, 0.1) is 13.2 Å². The Balaban J connectivity index is 2.06. The topological polar surface area (TPSA) is 36.9 Å². The molecule has 0 spiro atoms. The normalized spacial score (nSPS) is 12.0. The summed E-state index contributed by atoms with van der Waals surface area (Å²) in [6.45, 7) is 7.58. The van der Waals surface area contributed by atoms with Crippen LogP contribution in [0.25, 0.3) is 0 Å². The Morgan fingerprint density at radius 3 is 1.96 bits per heavy atom. The number of methoxy groups -OCH3 is 2. The Labute approximate surface area is 157 Å². The van der Waals surface area contributed by atoms with Crippen molar-refractivity contribution in [2.45, 2.75) is 46.3 Å². The molecule has 0 fully saturated rings. The summed E-state index contributed by atoms with van der Waals surface area (Å²) in [6, 6.07) is 12.3. The van der Waals surface area contributed by atoms with Gasteiger partial charge in [0.2, 0.25) is 6.79 Å². The van der Waals surface area contributed by atoms with Gasteiger partial charge >= 0.3 is 0 Å². The van der Waals surface area contributed by atoms with Crippen molar-refractivity contribution in [2.24, 2.45) is 0 Å². The molecule has 0 heterocycles. The van der Waals surface area contributed by atoms with Gasteiger partial charge in [-0.3, -0.25) is 0 Å². The van der Waals surface area contributed by atoms with E-state index in [1.54, 1.807) is 14.2 Å². The molecule has 0 amide bonds. The molecule has 0 aliphatic rings. The van der Waals surface area contributed by atoms with E-state index in [9.17, 15) is 0 Å². The van der Waals surface area contributed by atoms with E-state index in [0.29, 0.717) is 19.1 Å². The Hall–Kier alpha value is -2.04. The summed E-state index contributed by atoms with van der Waals surface area (Å²) in [5, 5.41) is 0. The summed E-state index contributed by atoms with van der Waals surface area (Å²) in [5.74, 6) is 2.13. The molecular formula is C22H30O4. The molecule has 0 aliphatic carbocycles. The maximum atomic E-state index is 5.95. The van der Waals surface area contributed by atoms with E-state index in [1.807, 2.05) is 12.1 Å². The molecule has 0 bridgehead atoms. The molecule has 4 nitrogen and oxygen atoms in total. The molecule has 4 heteroatoms. The fraction of sp³-hybridized carbons (Fsp3) is 0.455. The Morgan fingerprint density at radius 2 is 1.46 bits per heavy atom. The largest absolute Gasteiger partial charge is 0.458 e. The number of aryl methyl sites for hydroxylation is 1. The summed E-state index contributed by atoms with van der Waals surface area (Å²) in [5.41, 5.74) is 4.47. The molecule has 0 aromatic heterocycles. The van der Waals surface area contributed by atoms with E-state index < -0.39 is 0 Å². The molecule has 1 atom stereocenters. The van der Waals surface area contributed by atoms with Crippen LogP contribution in [0, 0.1) is 6.92 Å². The van der Waals surface area contributed by atoms with Crippen LogP contribution in [0.3, 0.4) is 0 Å². The first-order chi connectivity index (χ1) is 12.6. The third-order valence-electron chi connectivity index (χ3n) is 4.48. The number of ether oxygens (including phenoxy) is 4. The van der Waals surface area contributed by atoms with Gasteiger partial charge in [0, 0.05) is 25.3 Å². The second-order valence-corrected chi connectivity index (χ2v) is 6.56. The summed E-state index contributed by atoms with van der Waals surface area (Å²) in [7, 11) is 3.36. The highest BCUT2D eigenvalue weighted by molar-refractivity contribution is 5.44. The molecule has 0 N–H and O–H groups in total. The molecule has 2 aromatic carbocycles. The lowest BCUT2D eigenvalue weighted by atomic mass is 9.99. The highest BCUT2D eigenvalue weighted by atomic mass is 16.7. The van der Waals surface area contributed by atoms with Crippen LogP contribution in [0.15, 0.2) is 36.4 Å². The molecule has 0 saturated carbocycles. The minimum absolute atomic E-state index is 0.138. The van der Waals surface area contributed by atoms with Crippen LogP contribution in [0.1, 0.15) is 48.4 Å². The zero-order chi connectivity index (χ0) is 18.9. The summed E-state index contributed by atoms with van der Waals surface area (Å²) < 4.78 is 22.3. The third kappa shape index (κ3) is 5.48. The standard InChI is InChI=1S/C22H30O4/c1-6-17(3)18-7-9-21(10-8-18)25-15-26-22-19(13-23-4)11-16(2)12-20(22)14-24-5/h7-12,17H,6,13-15H2,1-5H3. The second kappa shape index (κ2) is 10.2. The average molecular weight is 358 g/mol. The lowest BCUT2D eigenvalue weighted by Gasteiger charge is -2.17. The second-order valence-electron chi connectivity index (χ2n) is 6.56. The van der Waals surface area contributed by atoms with E-state index in [0.717, 1.165) is 34.6 Å². The minimum atomic E-state index is 0.138. The van der Waals surface area contributed by atoms with Crippen molar-refractivity contribution in [3.05, 3.63) is 58.7 Å². The molecule has 2 aromatic rings. The summed E-state index contributed by atoms with van der Waals surface area (Å²) in [4.78, 5) is 0. The predicted octanol–water partition coefficient (Wildman–Crippen LogP) is 5.22. The van der Waals surface area contributed by atoms with Crippen LogP contribution in [0.4, 0.5) is 0 Å². The maximum absolute atomic E-state index is 5.95. The van der Waals surface area contributed by atoms with Crippen LogP contribution in [-0.2, 0) is 22.7 Å². The van der Waals surface area contributed by atoms with Gasteiger partial charge in [0.1, 0.15) is 11.5 Å². The van der Waals surface area contributed by atoms with Crippen LogP contribution in [0.5, 0.6) is 11.5 Å². The maximum Gasteiger partial charge on any atom is 0.230 e. The number of hydrogen-bond acceptors (Lipinski definition) is 4. The van der Waals surface area contributed by atoms with Crippen molar-refractivity contribution >= 4 is 0 Å². The quantitative estimate of drug-likeness (QED) is 0.546. The van der Waals surface area contributed by atoms with Crippen LogP contribution in [-0.4, -0.2) is 21.0 Å². The predicted molar refractivity (Wildman–Crippen MR) is 104 cm³/mol. The molecule has 142 valence electrons. The van der Waals surface area contributed by atoms with Crippen LogP contribution >= 0.6 is 0 Å². The fourth-order valence-electron chi connectivity index (χ4n) is 2.92. The highest BCUT2D eigenvalue weighted by Gasteiger charge is 2.12. The zero-order valence-corrected chi connectivity index (χ0v) is 16.5. The highest BCUT2D eigenvalue weighted by Crippen LogP contribution is 2.28. The number of hydrogen-bond donors (Lipinski definition) is 0. The van der Waals surface area contributed by atoms with Crippen LogP contribution in [0.2, 0.25) is 0 Å². The van der Waals surface area contributed by atoms with Crippen molar-refractivity contribution < 1.29 is 18.9 Å². The molecule has 2 rings (SSSR count). The molecule has 0 radical (unpaired) electrons. The minimum Gasteiger partial charge on any atom is -0.458 e. The van der Waals surface area contributed by atoms with E-state index >= 15 is 0 Å². The lowest BCUT2D eigenvalue weighted by Crippen LogP contribution is -2.10. The van der Waals surface area contributed by atoms with Crippen molar-refractivity contribution in [1.29, 1.82) is 0 Å². The van der Waals surface area contributed by atoms with E-state index in [2.05, 4.69) is 45.0 Å². The SMILES string of the molecule is CCC(C)c1ccc(OCOc2c(COC)cc(C)cc2COC)cc1. The molecule has 0 aliphatic heterocycles. The van der Waals surface area contributed by atoms with Crippen molar-refractivity contribution in [3.63, 3.8) is 0 Å². The van der Waals surface area contributed by atoms with Crippen molar-refractivity contribution in [1.82, 2.24) is 0 Å². The smallest absolute Gasteiger partial charge is 0.230 e. The molecule has 26 heavy (non-hydrogen) atoms. The van der Waals surface area contributed by atoms with Gasteiger partial charge in [-0.05, 0) is 37.0 Å². The van der Waals surface area contributed by atoms with Crippen LogP contribution < -0.4 is 9.47 Å². The Morgan fingerprint density at radius 1 is 0.885 bits per heavy atom. The summed E-state index contributed by atoms with van der Waals surface area (Å²) >= 11 is 0. The first kappa shape index (κ1) is 20.3. The number of benzene rings is 2. The van der Waals surface area contributed by atoms with Gasteiger partial charge in [0.15, 0.2) is 0 Å². The van der Waals surface area contributed by atoms with Gasteiger partial charge in [0.25, 0.3) is 0 Å². The Kier molecular flexibility index (Phi) is 7.95. The summed E-state index contributed by atoms with van der Waals surface area (Å²) in [6.07, 6.45) is 1.13. The monoisotopic (exact) mass is 358 g/mol. The lowest BCUT2D eigenvalue weighted by molar-refractivity contribution is 0.108. The molecule has 0 saturated heterocycles. The van der Waals surface area contributed by atoms with Gasteiger partial charge in [-0.2, -0.15) is 0 Å². The van der Waals surface area contributed by atoms with E-state index in [-0.39, 0.29) is 6.79 Å². The van der Waals surface area contributed by atoms with Gasteiger partial charge < -0.3 is 18.9 Å². The first-order valence-electron chi connectivity index (χ1n) is 9.04. The Bertz CT molecular complexity index is 652. The van der Waals surface area contributed by atoms with Gasteiger partial charge in [-0.15, -0.1) is 0 Å². The van der Waals surface area contributed by atoms with Gasteiger partial charge in [-0.1, -0.05) is 43.7 Å². The zero-order valence-electron chi connectivity index (χ0n) is 16.5. The van der Waals surface area contributed by atoms with Gasteiger partial charge in [-0.25, -0.2) is 0 Å². The molecule has 1 unspecified atom stereocenters. The van der Waals surface area contributed by atoms with E-state index in [4.69, 9.17) is 18.9 Å². The fourth-order valence-corrected chi connectivity index (χ4v) is 2.92. The third-order valence-corrected chi connectivity index (χ3v) is 4.48.